The molecule has 0 spiro atoms. The van der Waals surface area contributed by atoms with E-state index in [1.807, 2.05) is 45.0 Å². The van der Waals surface area contributed by atoms with Crippen molar-refractivity contribution in [1.29, 1.82) is 0 Å². The normalized spacial score (nSPS) is 10.3. The molecule has 0 saturated carbocycles. The first-order valence-electron chi connectivity index (χ1n) is 6.24. The lowest BCUT2D eigenvalue weighted by atomic mass is 10.2. The lowest BCUT2D eigenvalue weighted by molar-refractivity contribution is 0.0304. The molecule has 0 unspecified atom stereocenters. The first kappa shape index (κ1) is 19.3. The Morgan fingerprint density at radius 3 is 2.20 bits per heavy atom. The second kappa shape index (κ2) is 9.26. The highest BCUT2D eigenvalue weighted by Gasteiger charge is 2.18. The van der Waals surface area contributed by atoms with Crippen LogP contribution in [0.5, 0.6) is 0 Å². The van der Waals surface area contributed by atoms with E-state index in [1.54, 1.807) is 7.05 Å². The SMILES string of the molecule is CN(CCN)C(=O)OC(C)(C)C.Sc1ccc(Br)cc1. The van der Waals surface area contributed by atoms with Gasteiger partial charge >= 0.3 is 6.09 Å². The standard InChI is InChI=1S/C8H18N2O2.C6H5BrS/c1-8(2,3)12-7(11)10(4)6-5-9;7-5-1-3-6(8)4-2-5/h5-6,9H2,1-4H3;1-4,8H. The lowest BCUT2D eigenvalue weighted by Gasteiger charge is -2.24. The highest BCUT2D eigenvalue weighted by Crippen LogP contribution is 2.12. The average molecular weight is 363 g/mol. The molecule has 0 radical (unpaired) electrons. The fourth-order valence-corrected chi connectivity index (χ4v) is 1.48. The number of halogens is 1. The van der Waals surface area contributed by atoms with Crippen LogP contribution in [-0.4, -0.2) is 36.7 Å². The number of carbonyl (C=O) groups excluding carboxylic acids is 1. The molecule has 0 bridgehead atoms. The van der Waals surface area contributed by atoms with E-state index in [9.17, 15) is 4.79 Å². The molecule has 0 aliphatic carbocycles. The third-order valence-corrected chi connectivity index (χ3v) is 2.82. The van der Waals surface area contributed by atoms with Gasteiger partial charge in [-0.05, 0) is 45.0 Å². The molecule has 0 saturated heterocycles. The van der Waals surface area contributed by atoms with Gasteiger partial charge < -0.3 is 15.4 Å². The Balaban J connectivity index is 0.000000388. The summed E-state index contributed by atoms with van der Waals surface area (Å²) in [6, 6.07) is 7.80. The van der Waals surface area contributed by atoms with Gasteiger partial charge in [0, 0.05) is 29.5 Å². The summed E-state index contributed by atoms with van der Waals surface area (Å²) in [5.41, 5.74) is 4.85. The number of hydrogen-bond donors (Lipinski definition) is 2. The predicted octanol–water partition coefficient (Wildman–Crippen LogP) is 3.55. The fourth-order valence-electron chi connectivity index (χ4n) is 1.07. The van der Waals surface area contributed by atoms with Crippen LogP contribution in [0.2, 0.25) is 0 Å². The van der Waals surface area contributed by atoms with E-state index in [1.165, 1.54) is 4.90 Å². The van der Waals surface area contributed by atoms with Crippen molar-refractivity contribution in [2.75, 3.05) is 20.1 Å². The van der Waals surface area contributed by atoms with Crippen molar-refractivity contribution in [3.05, 3.63) is 28.7 Å². The van der Waals surface area contributed by atoms with E-state index in [-0.39, 0.29) is 6.09 Å². The zero-order valence-electron chi connectivity index (χ0n) is 12.4. The second-order valence-electron chi connectivity index (χ2n) is 5.17. The van der Waals surface area contributed by atoms with Gasteiger partial charge in [0.05, 0.1) is 0 Å². The number of rotatable bonds is 2. The number of likely N-dealkylation sites (N-methyl/N-ethyl adjacent to an activating group) is 1. The Labute approximate surface area is 135 Å². The Kier molecular flexibility index (Phi) is 8.93. The fraction of sp³-hybridized carbons (Fsp3) is 0.500. The summed E-state index contributed by atoms with van der Waals surface area (Å²) in [6.07, 6.45) is -0.326. The molecular weight excluding hydrogens is 340 g/mol. The van der Waals surface area contributed by atoms with Gasteiger partial charge in [0.15, 0.2) is 0 Å². The monoisotopic (exact) mass is 362 g/mol. The largest absolute Gasteiger partial charge is 0.444 e. The van der Waals surface area contributed by atoms with Crippen LogP contribution in [0.4, 0.5) is 4.79 Å². The van der Waals surface area contributed by atoms with E-state index in [2.05, 4.69) is 28.6 Å². The molecule has 0 aromatic heterocycles. The maximum Gasteiger partial charge on any atom is 0.410 e. The topological polar surface area (TPSA) is 55.6 Å². The van der Waals surface area contributed by atoms with Crippen molar-refractivity contribution in [3.8, 4) is 0 Å². The minimum atomic E-state index is -0.431. The average Bonchev–Trinajstić information content (AvgIpc) is 2.32. The Morgan fingerprint density at radius 1 is 1.35 bits per heavy atom. The maximum absolute atomic E-state index is 11.2. The first-order chi connectivity index (χ1) is 9.15. The smallest absolute Gasteiger partial charge is 0.410 e. The van der Waals surface area contributed by atoms with Crippen molar-refractivity contribution < 1.29 is 9.53 Å². The molecule has 0 aliphatic heterocycles. The van der Waals surface area contributed by atoms with Gasteiger partial charge in [0.1, 0.15) is 5.60 Å². The van der Waals surface area contributed by atoms with Crippen LogP contribution in [0.3, 0.4) is 0 Å². The number of benzene rings is 1. The number of amides is 1. The third kappa shape index (κ3) is 10.1. The molecule has 2 N–H and O–H groups in total. The number of carbonyl (C=O) groups is 1. The number of nitrogens with zero attached hydrogens (tertiary/aromatic N) is 1. The van der Waals surface area contributed by atoms with E-state index in [4.69, 9.17) is 10.5 Å². The highest BCUT2D eigenvalue weighted by atomic mass is 79.9. The third-order valence-electron chi connectivity index (χ3n) is 2.00. The van der Waals surface area contributed by atoms with Crippen LogP contribution in [0.25, 0.3) is 0 Å². The molecule has 4 nitrogen and oxygen atoms in total. The van der Waals surface area contributed by atoms with Crippen molar-refractivity contribution in [2.45, 2.75) is 31.3 Å². The zero-order valence-corrected chi connectivity index (χ0v) is 14.9. The zero-order chi connectivity index (χ0) is 15.8. The molecule has 1 aromatic carbocycles. The molecule has 0 fully saturated rings. The number of thiol groups is 1. The summed E-state index contributed by atoms with van der Waals surface area (Å²) in [7, 11) is 1.67. The Hall–Kier alpha value is -0.720. The van der Waals surface area contributed by atoms with Crippen molar-refractivity contribution in [2.24, 2.45) is 5.73 Å². The molecule has 6 heteroatoms. The van der Waals surface area contributed by atoms with Gasteiger partial charge in [-0.3, -0.25) is 0 Å². The van der Waals surface area contributed by atoms with Crippen LogP contribution in [-0.2, 0) is 4.74 Å². The molecular formula is C14H23BrN2O2S. The van der Waals surface area contributed by atoms with Crippen LogP contribution in [0, 0.1) is 0 Å². The van der Waals surface area contributed by atoms with Crippen molar-refractivity contribution in [1.82, 2.24) is 4.90 Å². The second-order valence-corrected chi connectivity index (χ2v) is 6.60. The van der Waals surface area contributed by atoms with Crippen molar-refractivity contribution in [3.63, 3.8) is 0 Å². The molecule has 1 amide bonds. The summed E-state index contributed by atoms with van der Waals surface area (Å²) in [5.74, 6) is 0. The summed E-state index contributed by atoms with van der Waals surface area (Å²) in [6.45, 7) is 6.48. The molecule has 0 atom stereocenters. The molecule has 0 aliphatic rings. The summed E-state index contributed by atoms with van der Waals surface area (Å²) < 4.78 is 6.18. The van der Waals surface area contributed by atoms with E-state index >= 15 is 0 Å². The van der Waals surface area contributed by atoms with Crippen LogP contribution in [0.1, 0.15) is 20.8 Å². The van der Waals surface area contributed by atoms with E-state index < -0.39 is 5.60 Å². The number of ether oxygens (including phenoxy) is 1. The van der Waals surface area contributed by atoms with E-state index in [0.29, 0.717) is 13.1 Å². The van der Waals surface area contributed by atoms with Crippen LogP contribution < -0.4 is 5.73 Å². The van der Waals surface area contributed by atoms with Gasteiger partial charge in [-0.1, -0.05) is 15.9 Å². The van der Waals surface area contributed by atoms with Crippen LogP contribution in [0.15, 0.2) is 33.6 Å². The van der Waals surface area contributed by atoms with Gasteiger partial charge in [-0.15, -0.1) is 12.6 Å². The maximum atomic E-state index is 11.2. The number of nitrogens with two attached hydrogens (primary N) is 1. The van der Waals surface area contributed by atoms with Gasteiger partial charge in [-0.25, -0.2) is 4.79 Å². The molecule has 114 valence electrons. The summed E-state index contributed by atoms with van der Waals surface area (Å²) in [4.78, 5) is 13.7. The molecule has 0 heterocycles. The lowest BCUT2D eigenvalue weighted by Crippen LogP contribution is -2.36. The molecule has 1 rings (SSSR count). The van der Waals surface area contributed by atoms with E-state index in [0.717, 1.165) is 9.37 Å². The number of hydrogen-bond acceptors (Lipinski definition) is 4. The highest BCUT2D eigenvalue weighted by molar-refractivity contribution is 9.10. The predicted molar refractivity (Wildman–Crippen MR) is 89.3 cm³/mol. The van der Waals surface area contributed by atoms with Gasteiger partial charge in [0.25, 0.3) is 0 Å². The minimum absolute atomic E-state index is 0.326. The summed E-state index contributed by atoms with van der Waals surface area (Å²) in [5, 5.41) is 0. The molecule has 1 aromatic rings. The Bertz CT molecular complexity index is 384. The van der Waals surface area contributed by atoms with Crippen molar-refractivity contribution >= 4 is 34.7 Å². The summed E-state index contributed by atoms with van der Waals surface area (Å²) >= 11 is 7.42. The minimum Gasteiger partial charge on any atom is -0.444 e. The van der Waals surface area contributed by atoms with Gasteiger partial charge in [-0.2, -0.15) is 0 Å². The molecule has 20 heavy (non-hydrogen) atoms. The Morgan fingerprint density at radius 2 is 1.85 bits per heavy atom. The quantitative estimate of drug-likeness (QED) is 0.790. The van der Waals surface area contributed by atoms with Crippen LogP contribution >= 0.6 is 28.6 Å². The first-order valence-corrected chi connectivity index (χ1v) is 7.48. The van der Waals surface area contributed by atoms with Gasteiger partial charge in [0.2, 0.25) is 0 Å².